The Hall–Kier alpha value is -0.0400. The summed E-state index contributed by atoms with van der Waals surface area (Å²) in [4.78, 5) is 9.83. The zero-order valence-electron chi connectivity index (χ0n) is 14.7. The summed E-state index contributed by atoms with van der Waals surface area (Å²) >= 11 is 0. The molecule has 0 atom stereocenters. The molecule has 0 aromatic heterocycles. The third-order valence-electron chi connectivity index (χ3n) is 5.31. The van der Waals surface area contributed by atoms with Crippen LogP contribution in [0, 0.1) is 5.41 Å². The fraction of sp³-hybridized carbons (Fsp3) is 0.941. The van der Waals surface area contributed by atoms with Crippen molar-refractivity contribution < 1.29 is 0 Å². The smallest absolute Gasteiger partial charge is 0.193 e. The molecule has 0 aromatic rings. The van der Waals surface area contributed by atoms with Crippen LogP contribution < -0.4 is 5.32 Å². The number of likely N-dealkylation sites (N-methyl/N-ethyl adjacent to an activating group) is 1. The van der Waals surface area contributed by atoms with Crippen LogP contribution in [0.25, 0.3) is 0 Å². The van der Waals surface area contributed by atoms with E-state index in [-0.39, 0.29) is 24.0 Å². The van der Waals surface area contributed by atoms with E-state index in [1.165, 1.54) is 45.2 Å². The third kappa shape index (κ3) is 5.25. The molecule has 1 spiro atoms. The Bertz CT molecular complexity index is 336. The molecular formula is C17H35IN4. The van der Waals surface area contributed by atoms with E-state index < -0.39 is 0 Å². The summed E-state index contributed by atoms with van der Waals surface area (Å²) < 4.78 is 0. The van der Waals surface area contributed by atoms with Gasteiger partial charge in [-0.1, -0.05) is 26.7 Å². The van der Waals surface area contributed by atoms with Gasteiger partial charge in [0, 0.05) is 26.2 Å². The predicted molar refractivity (Wildman–Crippen MR) is 106 cm³/mol. The van der Waals surface area contributed by atoms with E-state index in [1.54, 1.807) is 0 Å². The summed E-state index contributed by atoms with van der Waals surface area (Å²) in [6, 6.07) is 0. The van der Waals surface area contributed by atoms with Crippen molar-refractivity contribution in [1.82, 2.24) is 15.1 Å². The van der Waals surface area contributed by atoms with E-state index >= 15 is 0 Å². The Kier molecular flexibility index (Phi) is 9.05. The Labute approximate surface area is 154 Å². The second kappa shape index (κ2) is 9.96. The molecule has 1 N–H and O–H groups in total. The first-order valence-electron chi connectivity index (χ1n) is 8.98. The van der Waals surface area contributed by atoms with Gasteiger partial charge in [0.15, 0.2) is 5.96 Å². The van der Waals surface area contributed by atoms with Gasteiger partial charge in [-0.3, -0.25) is 4.99 Å². The first-order chi connectivity index (χ1) is 10.2. The lowest BCUT2D eigenvalue weighted by atomic mass is 9.86. The molecule has 1 aliphatic heterocycles. The molecule has 1 aliphatic carbocycles. The molecule has 2 rings (SSSR count). The van der Waals surface area contributed by atoms with Gasteiger partial charge in [0.1, 0.15) is 0 Å². The second-order valence-corrected chi connectivity index (χ2v) is 6.64. The maximum absolute atomic E-state index is 4.88. The Balaban J connectivity index is 0.00000242. The molecule has 1 saturated carbocycles. The van der Waals surface area contributed by atoms with Crippen LogP contribution >= 0.6 is 24.0 Å². The average Bonchev–Trinajstić information content (AvgIpc) is 3.13. The number of rotatable bonds is 6. The van der Waals surface area contributed by atoms with E-state index in [0.717, 1.165) is 38.7 Å². The fourth-order valence-electron chi connectivity index (χ4n) is 3.91. The summed E-state index contributed by atoms with van der Waals surface area (Å²) in [6.07, 6.45) is 7.10. The highest BCUT2D eigenvalue weighted by molar-refractivity contribution is 14.0. The highest BCUT2D eigenvalue weighted by atomic mass is 127. The summed E-state index contributed by atoms with van der Waals surface area (Å²) in [5.41, 5.74) is 0.620. The van der Waals surface area contributed by atoms with Gasteiger partial charge >= 0.3 is 0 Å². The molecule has 2 fully saturated rings. The molecule has 4 nitrogen and oxygen atoms in total. The largest absolute Gasteiger partial charge is 0.357 e. The third-order valence-corrected chi connectivity index (χ3v) is 5.31. The predicted octanol–water partition coefficient (Wildman–Crippen LogP) is 3.18. The number of nitrogens with zero attached hydrogens (tertiary/aromatic N) is 3. The SMILES string of the molecule is CCNC(=NCCN(CC)CC)N1CCC2(CCCC2)C1.I. The van der Waals surface area contributed by atoms with Crippen molar-refractivity contribution in [3.63, 3.8) is 0 Å². The van der Waals surface area contributed by atoms with Gasteiger partial charge in [0.2, 0.25) is 0 Å². The zero-order valence-corrected chi connectivity index (χ0v) is 17.1. The minimum absolute atomic E-state index is 0. The summed E-state index contributed by atoms with van der Waals surface area (Å²) in [7, 11) is 0. The number of guanidine groups is 1. The molecule has 5 heteroatoms. The van der Waals surface area contributed by atoms with Gasteiger partial charge < -0.3 is 15.1 Å². The van der Waals surface area contributed by atoms with Crippen LogP contribution in [0.2, 0.25) is 0 Å². The van der Waals surface area contributed by atoms with Crippen LogP contribution in [-0.4, -0.2) is 61.6 Å². The van der Waals surface area contributed by atoms with Crippen LogP contribution in [0.4, 0.5) is 0 Å². The van der Waals surface area contributed by atoms with E-state index in [2.05, 4.69) is 35.9 Å². The minimum Gasteiger partial charge on any atom is -0.357 e. The van der Waals surface area contributed by atoms with Gasteiger partial charge in [-0.2, -0.15) is 0 Å². The van der Waals surface area contributed by atoms with Crippen molar-refractivity contribution in [2.45, 2.75) is 52.9 Å². The highest BCUT2D eigenvalue weighted by Gasteiger charge is 2.41. The lowest BCUT2D eigenvalue weighted by Gasteiger charge is -2.26. The number of nitrogens with one attached hydrogen (secondary N) is 1. The molecule has 0 aromatic carbocycles. The fourth-order valence-corrected chi connectivity index (χ4v) is 3.91. The Morgan fingerprint density at radius 3 is 2.41 bits per heavy atom. The van der Waals surface area contributed by atoms with Gasteiger partial charge in [0.05, 0.1) is 6.54 Å². The monoisotopic (exact) mass is 422 g/mol. The molecule has 0 radical (unpaired) electrons. The average molecular weight is 422 g/mol. The van der Waals surface area contributed by atoms with Crippen LogP contribution in [0.1, 0.15) is 52.9 Å². The standard InChI is InChI=1S/C17H34N4.HI/c1-4-18-16(19-12-14-20(5-2)6-3)21-13-11-17(15-21)9-7-8-10-17;/h4-15H2,1-3H3,(H,18,19);1H. The Morgan fingerprint density at radius 2 is 1.82 bits per heavy atom. The first-order valence-corrected chi connectivity index (χ1v) is 8.98. The van der Waals surface area contributed by atoms with Crippen molar-refractivity contribution >= 4 is 29.9 Å². The first kappa shape index (κ1) is 20.0. The number of hydrogen-bond acceptors (Lipinski definition) is 2. The molecular weight excluding hydrogens is 387 g/mol. The molecule has 0 amide bonds. The van der Waals surface area contributed by atoms with E-state index in [9.17, 15) is 0 Å². The van der Waals surface area contributed by atoms with Gasteiger partial charge in [0.25, 0.3) is 0 Å². The number of halogens is 1. The Morgan fingerprint density at radius 1 is 1.14 bits per heavy atom. The molecule has 2 aliphatic rings. The lowest BCUT2D eigenvalue weighted by molar-refractivity contribution is 0.305. The van der Waals surface area contributed by atoms with Crippen LogP contribution in [0.3, 0.4) is 0 Å². The van der Waals surface area contributed by atoms with Gasteiger partial charge in [-0.25, -0.2) is 0 Å². The molecule has 0 unspecified atom stereocenters. The second-order valence-electron chi connectivity index (χ2n) is 6.64. The summed E-state index contributed by atoms with van der Waals surface area (Å²) in [5, 5.41) is 3.50. The van der Waals surface area contributed by atoms with Crippen molar-refractivity contribution in [3.05, 3.63) is 0 Å². The summed E-state index contributed by atoms with van der Waals surface area (Å²) in [5.74, 6) is 1.15. The molecule has 0 bridgehead atoms. The van der Waals surface area contributed by atoms with Crippen molar-refractivity contribution in [2.75, 3.05) is 45.8 Å². The van der Waals surface area contributed by atoms with Gasteiger partial charge in [-0.15, -0.1) is 24.0 Å². The molecule has 130 valence electrons. The van der Waals surface area contributed by atoms with Crippen LogP contribution in [-0.2, 0) is 0 Å². The van der Waals surface area contributed by atoms with Crippen molar-refractivity contribution in [1.29, 1.82) is 0 Å². The molecule has 1 heterocycles. The minimum atomic E-state index is 0. The van der Waals surface area contributed by atoms with E-state index in [4.69, 9.17) is 4.99 Å². The number of likely N-dealkylation sites (tertiary alicyclic amines) is 1. The van der Waals surface area contributed by atoms with E-state index in [1.807, 2.05) is 0 Å². The van der Waals surface area contributed by atoms with Crippen molar-refractivity contribution in [2.24, 2.45) is 10.4 Å². The van der Waals surface area contributed by atoms with Crippen LogP contribution in [0.5, 0.6) is 0 Å². The maximum Gasteiger partial charge on any atom is 0.193 e. The zero-order chi connectivity index (χ0) is 15.1. The van der Waals surface area contributed by atoms with Crippen molar-refractivity contribution in [3.8, 4) is 0 Å². The lowest BCUT2D eigenvalue weighted by Crippen LogP contribution is -2.41. The highest BCUT2D eigenvalue weighted by Crippen LogP contribution is 2.45. The topological polar surface area (TPSA) is 30.9 Å². The summed E-state index contributed by atoms with van der Waals surface area (Å²) in [6.45, 7) is 14.2. The normalized spacial score (nSPS) is 20.7. The van der Waals surface area contributed by atoms with E-state index in [0.29, 0.717) is 5.41 Å². The number of hydrogen-bond donors (Lipinski definition) is 1. The maximum atomic E-state index is 4.88. The quantitative estimate of drug-likeness (QED) is 0.405. The molecule has 1 saturated heterocycles. The molecule has 22 heavy (non-hydrogen) atoms. The number of aliphatic imine (C=N–C) groups is 1. The van der Waals surface area contributed by atoms with Gasteiger partial charge in [-0.05, 0) is 44.7 Å². The van der Waals surface area contributed by atoms with Crippen LogP contribution in [0.15, 0.2) is 4.99 Å².